The quantitative estimate of drug-likeness (QED) is 0.525. The highest BCUT2D eigenvalue weighted by atomic mass is 79.9. The number of primary amides is 1. The second-order valence-electron chi connectivity index (χ2n) is 6.12. The van der Waals surface area contributed by atoms with Crippen LogP contribution in [0.25, 0.3) is 11.4 Å². The molecule has 1 unspecified atom stereocenters. The van der Waals surface area contributed by atoms with Gasteiger partial charge in [0, 0.05) is 16.6 Å². The van der Waals surface area contributed by atoms with Crippen molar-refractivity contribution in [3.63, 3.8) is 0 Å². The second kappa shape index (κ2) is 9.19. The van der Waals surface area contributed by atoms with Crippen LogP contribution in [0.3, 0.4) is 0 Å². The second-order valence-corrected chi connectivity index (χ2v) is 8.20. The number of thioether (sulfide) groups is 1. The van der Waals surface area contributed by atoms with E-state index in [1.807, 2.05) is 49.4 Å². The van der Waals surface area contributed by atoms with E-state index in [9.17, 15) is 4.79 Å². The molecule has 27 heavy (non-hydrogen) atoms. The van der Waals surface area contributed by atoms with Crippen molar-refractivity contribution >= 4 is 33.6 Å². The van der Waals surface area contributed by atoms with Gasteiger partial charge in [-0.3, -0.25) is 4.79 Å². The van der Waals surface area contributed by atoms with Crippen LogP contribution in [0.15, 0.2) is 64.2 Å². The number of nitrogens with two attached hydrogens (primary N) is 1. The molecule has 1 aromatic heterocycles. The molecule has 0 bridgehead atoms. The molecule has 2 N–H and O–H groups in total. The molecule has 0 saturated carbocycles. The number of hydrogen-bond acceptors (Lipinski definition) is 4. The summed E-state index contributed by atoms with van der Waals surface area (Å²) >= 11 is 4.85. The molecule has 1 atom stereocenters. The van der Waals surface area contributed by atoms with Gasteiger partial charge >= 0.3 is 0 Å². The van der Waals surface area contributed by atoms with Gasteiger partial charge in [0.15, 0.2) is 11.0 Å². The molecule has 3 aromatic rings. The highest BCUT2D eigenvalue weighted by Crippen LogP contribution is 2.29. The summed E-state index contributed by atoms with van der Waals surface area (Å²) in [5, 5.41) is 9.15. The number of nitrogens with zero attached hydrogens (tertiary/aromatic N) is 3. The van der Waals surface area contributed by atoms with Gasteiger partial charge < -0.3 is 10.3 Å². The van der Waals surface area contributed by atoms with Crippen molar-refractivity contribution in [2.24, 2.45) is 5.73 Å². The van der Waals surface area contributed by atoms with Crippen molar-refractivity contribution in [2.45, 2.75) is 36.7 Å². The first-order chi connectivity index (χ1) is 13.1. The Bertz CT molecular complexity index is 896. The smallest absolute Gasteiger partial charge is 0.231 e. The molecule has 0 saturated heterocycles. The monoisotopic (exact) mass is 444 g/mol. The lowest BCUT2D eigenvalue weighted by molar-refractivity contribution is -0.117. The summed E-state index contributed by atoms with van der Waals surface area (Å²) in [6.45, 7) is 2.67. The molecule has 0 fully saturated rings. The lowest BCUT2D eigenvalue weighted by Crippen LogP contribution is -2.25. The molecule has 0 aliphatic heterocycles. The minimum absolute atomic E-state index is 0.317. The standard InChI is InChI=1S/C20H21BrN4OS/c1-2-17(18(22)26)27-20-24-23-19(15-8-10-16(21)11-9-15)25(20)13-12-14-6-4-3-5-7-14/h3-11,17H,2,12-13H2,1H3,(H2,22,26). The van der Waals surface area contributed by atoms with Crippen LogP contribution in [0.4, 0.5) is 0 Å². The normalized spacial score (nSPS) is 12.1. The number of carbonyl (C=O) groups is 1. The molecule has 2 aromatic carbocycles. The first-order valence-electron chi connectivity index (χ1n) is 8.77. The van der Waals surface area contributed by atoms with Gasteiger partial charge in [0.05, 0.1) is 5.25 Å². The summed E-state index contributed by atoms with van der Waals surface area (Å²) in [5.74, 6) is 0.463. The Kier molecular flexibility index (Phi) is 6.68. The van der Waals surface area contributed by atoms with E-state index in [-0.39, 0.29) is 11.2 Å². The van der Waals surface area contributed by atoms with Crippen LogP contribution in [0.2, 0.25) is 0 Å². The Hall–Kier alpha value is -2.12. The Morgan fingerprint density at radius 1 is 1.15 bits per heavy atom. The van der Waals surface area contributed by atoms with E-state index >= 15 is 0 Å². The first-order valence-corrected chi connectivity index (χ1v) is 10.4. The van der Waals surface area contributed by atoms with Gasteiger partial charge in [-0.2, -0.15) is 0 Å². The molecule has 7 heteroatoms. The SMILES string of the molecule is CCC(Sc1nnc(-c2ccc(Br)cc2)n1CCc1ccccc1)C(N)=O. The van der Waals surface area contributed by atoms with Crippen molar-refractivity contribution in [3.05, 3.63) is 64.6 Å². The van der Waals surface area contributed by atoms with Gasteiger partial charge in [-0.1, -0.05) is 77.1 Å². The van der Waals surface area contributed by atoms with Crippen molar-refractivity contribution in [1.82, 2.24) is 14.8 Å². The van der Waals surface area contributed by atoms with E-state index in [2.05, 4.69) is 42.8 Å². The molecule has 3 rings (SSSR count). The molecule has 0 aliphatic rings. The Balaban J connectivity index is 1.92. The lowest BCUT2D eigenvalue weighted by atomic mass is 10.1. The average Bonchev–Trinajstić information content (AvgIpc) is 3.08. The summed E-state index contributed by atoms with van der Waals surface area (Å²) in [5.41, 5.74) is 7.75. The van der Waals surface area contributed by atoms with Crippen molar-refractivity contribution in [2.75, 3.05) is 0 Å². The summed E-state index contributed by atoms with van der Waals surface area (Å²) in [4.78, 5) is 11.7. The van der Waals surface area contributed by atoms with E-state index in [1.54, 1.807) is 0 Å². The number of halogens is 1. The number of aromatic nitrogens is 3. The highest BCUT2D eigenvalue weighted by molar-refractivity contribution is 9.10. The number of aryl methyl sites for hydroxylation is 1. The maximum Gasteiger partial charge on any atom is 0.231 e. The molecule has 0 aliphatic carbocycles. The molecule has 0 radical (unpaired) electrons. The van der Waals surface area contributed by atoms with E-state index in [1.165, 1.54) is 17.3 Å². The van der Waals surface area contributed by atoms with Crippen molar-refractivity contribution < 1.29 is 4.79 Å². The fraction of sp³-hybridized carbons (Fsp3) is 0.250. The van der Waals surface area contributed by atoms with Crippen molar-refractivity contribution in [3.8, 4) is 11.4 Å². The molecular formula is C20H21BrN4OS. The topological polar surface area (TPSA) is 73.8 Å². The van der Waals surface area contributed by atoms with Gasteiger partial charge in [-0.05, 0) is 30.5 Å². The third-order valence-electron chi connectivity index (χ3n) is 4.22. The zero-order valence-corrected chi connectivity index (χ0v) is 17.4. The van der Waals surface area contributed by atoms with E-state index in [0.29, 0.717) is 6.42 Å². The van der Waals surface area contributed by atoms with Crippen LogP contribution >= 0.6 is 27.7 Å². The number of amides is 1. The maximum atomic E-state index is 11.7. The minimum atomic E-state index is -0.328. The largest absolute Gasteiger partial charge is 0.369 e. The van der Waals surface area contributed by atoms with Gasteiger partial charge in [0.1, 0.15) is 0 Å². The number of carbonyl (C=O) groups excluding carboxylic acids is 1. The van der Waals surface area contributed by atoms with E-state index in [0.717, 1.165) is 34.0 Å². The van der Waals surface area contributed by atoms with Crippen LogP contribution in [-0.2, 0) is 17.8 Å². The van der Waals surface area contributed by atoms with E-state index < -0.39 is 0 Å². The van der Waals surface area contributed by atoms with Crippen LogP contribution < -0.4 is 5.73 Å². The van der Waals surface area contributed by atoms with Gasteiger partial charge in [-0.15, -0.1) is 10.2 Å². The first kappa shape index (κ1) is 19.6. The van der Waals surface area contributed by atoms with Crippen LogP contribution in [0.5, 0.6) is 0 Å². The van der Waals surface area contributed by atoms with E-state index in [4.69, 9.17) is 5.73 Å². The predicted molar refractivity (Wildman–Crippen MR) is 112 cm³/mol. The Labute approximate surface area is 171 Å². The van der Waals surface area contributed by atoms with Crippen LogP contribution in [0, 0.1) is 0 Å². The van der Waals surface area contributed by atoms with Gasteiger partial charge in [0.25, 0.3) is 0 Å². The third-order valence-corrected chi connectivity index (χ3v) is 6.11. The lowest BCUT2D eigenvalue weighted by Gasteiger charge is -2.13. The maximum absolute atomic E-state index is 11.7. The highest BCUT2D eigenvalue weighted by Gasteiger charge is 2.21. The number of rotatable bonds is 8. The molecule has 5 nitrogen and oxygen atoms in total. The summed E-state index contributed by atoms with van der Waals surface area (Å²) in [6, 6.07) is 18.3. The van der Waals surface area contributed by atoms with Crippen LogP contribution in [-0.4, -0.2) is 25.9 Å². The zero-order valence-electron chi connectivity index (χ0n) is 15.0. The predicted octanol–water partition coefficient (Wildman–Crippen LogP) is 4.31. The van der Waals surface area contributed by atoms with Gasteiger partial charge in [-0.25, -0.2) is 0 Å². The molecular weight excluding hydrogens is 424 g/mol. The number of benzene rings is 2. The minimum Gasteiger partial charge on any atom is -0.369 e. The van der Waals surface area contributed by atoms with Gasteiger partial charge in [0.2, 0.25) is 5.91 Å². The molecule has 140 valence electrons. The Morgan fingerprint density at radius 2 is 1.85 bits per heavy atom. The summed E-state index contributed by atoms with van der Waals surface area (Å²) < 4.78 is 3.09. The average molecular weight is 445 g/mol. The summed E-state index contributed by atoms with van der Waals surface area (Å²) in [6.07, 6.45) is 1.50. The van der Waals surface area contributed by atoms with Crippen LogP contribution in [0.1, 0.15) is 18.9 Å². The zero-order chi connectivity index (χ0) is 19.2. The molecule has 0 spiro atoms. The summed E-state index contributed by atoms with van der Waals surface area (Å²) in [7, 11) is 0. The molecule has 1 amide bonds. The fourth-order valence-corrected chi connectivity index (χ4v) is 3.94. The number of hydrogen-bond donors (Lipinski definition) is 1. The Morgan fingerprint density at radius 3 is 2.48 bits per heavy atom. The fourth-order valence-electron chi connectivity index (χ4n) is 2.75. The van der Waals surface area contributed by atoms with Crippen molar-refractivity contribution in [1.29, 1.82) is 0 Å². The molecule has 1 heterocycles. The third kappa shape index (κ3) is 4.99.